The molecule has 0 amide bonds. The standard InChI is InChI=1S/C13H27NO2S/c1-5-11(3)10-17-9-7-8-13(4,12(15)16)14-6-2/h11,14H,5-10H2,1-4H3,(H,15,16). The summed E-state index contributed by atoms with van der Waals surface area (Å²) in [6, 6.07) is 0. The predicted molar refractivity (Wildman–Crippen MR) is 75.7 cm³/mol. The fraction of sp³-hybridized carbons (Fsp3) is 0.923. The van der Waals surface area contributed by atoms with E-state index in [1.165, 1.54) is 12.2 Å². The first-order valence-corrected chi connectivity index (χ1v) is 7.67. The number of carboxylic acids is 1. The summed E-state index contributed by atoms with van der Waals surface area (Å²) in [6.07, 6.45) is 2.87. The van der Waals surface area contributed by atoms with Crippen LogP contribution in [-0.2, 0) is 4.79 Å². The zero-order chi connectivity index (χ0) is 13.3. The zero-order valence-electron chi connectivity index (χ0n) is 11.6. The fourth-order valence-corrected chi connectivity index (χ4v) is 2.74. The molecule has 0 saturated heterocycles. The molecule has 102 valence electrons. The molecule has 2 atom stereocenters. The Labute approximate surface area is 110 Å². The zero-order valence-corrected chi connectivity index (χ0v) is 12.4. The minimum atomic E-state index is -0.758. The Morgan fingerprint density at radius 3 is 2.59 bits per heavy atom. The molecule has 4 heteroatoms. The van der Waals surface area contributed by atoms with Crippen molar-refractivity contribution in [2.45, 2.75) is 52.5 Å². The van der Waals surface area contributed by atoms with Crippen LogP contribution in [0.4, 0.5) is 0 Å². The molecule has 0 heterocycles. The lowest BCUT2D eigenvalue weighted by Crippen LogP contribution is -2.49. The van der Waals surface area contributed by atoms with E-state index in [0.29, 0.717) is 13.0 Å². The van der Waals surface area contributed by atoms with Gasteiger partial charge in [0.1, 0.15) is 5.54 Å². The first-order valence-electron chi connectivity index (χ1n) is 6.52. The summed E-state index contributed by atoms with van der Waals surface area (Å²) in [6.45, 7) is 8.88. The van der Waals surface area contributed by atoms with Crippen molar-refractivity contribution in [3.05, 3.63) is 0 Å². The number of aliphatic carboxylic acids is 1. The Balaban J connectivity index is 3.80. The summed E-state index contributed by atoms with van der Waals surface area (Å²) in [5.74, 6) is 2.26. The van der Waals surface area contributed by atoms with Crippen LogP contribution in [0.25, 0.3) is 0 Å². The van der Waals surface area contributed by atoms with Crippen molar-refractivity contribution in [1.82, 2.24) is 5.32 Å². The highest BCUT2D eigenvalue weighted by atomic mass is 32.2. The maximum Gasteiger partial charge on any atom is 0.323 e. The van der Waals surface area contributed by atoms with Crippen LogP contribution in [0.3, 0.4) is 0 Å². The monoisotopic (exact) mass is 261 g/mol. The highest BCUT2D eigenvalue weighted by Crippen LogP contribution is 2.17. The first-order chi connectivity index (χ1) is 7.96. The fourth-order valence-electron chi connectivity index (χ4n) is 1.59. The van der Waals surface area contributed by atoms with E-state index in [0.717, 1.165) is 18.1 Å². The second kappa shape index (κ2) is 8.81. The molecule has 0 bridgehead atoms. The maximum atomic E-state index is 11.2. The van der Waals surface area contributed by atoms with Gasteiger partial charge in [0.05, 0.1) is 0 Å². The molecule has 0 aromatic carbocycles. The molecule has 0 aliphatic rings. The van der Waals surface area contributed by atoms with E-state index in [2.05, 4.69) is 19.2 Å². The van der Waals surface area contributed by atoms with Crippen LogP contribution in [0, 0.1) is 5.92 Å². The highest BCUT2D eigenvalue weighted by Gasteiger charge is 2.30. The molecule has 0 rings (SSSR count). The number of hydrogen-bond donors (Lipinski definition) is 2. The lowest BCUT2D eigenvalue weighted by Gasteiger charge is -2.25. The number of nitrogens with one attached hydrogen (secondary N) is 1. The maximum absolute atomic E-state index is 11.2. The van der Waals surface area contributed by atoms with Gasteiger partial charge in [0.25, 0.3) is 0 Å². The van der Waals surface area contributed by atoms with Crippen molar-refractivity contribution in [2.75, 3.05) is 18.1 Å². The van der Waals surface area contributed by atoms with Crippen LogP contribution in [-0.4, -0.2) is 34.7 Å². The average molecular weight is 261 g/mol. The van der Waals surface area contributed by atoms with Crippen molar-refractivity contribution in [2.24, 2.45) is 5.92 Å². The van der Waals surface area contributed by atoms with Gasteiger partial charge in [0.15, 0.2) is 0 Å². The number of hydrogen-bond acceptors (Lipinski definition) is 3. The molecule has 0 aromatic rings. The van der Waals surface area contributed by atoms with Crippen LogP contribution in [0.5, 0.6) is 0 Å². The molecule has 3 nitrogen and oxygen atoms in total. The van der Waals surface area contributed by atoms with Gasteiger partial charge in [-0.05, 0) is 43.7 Å². The Morgan fingerprint density at radius 2 is 2.12 bits per heavy atom. The second-order valence-corrected chi connectivity index (χ2v) is 6.01. The van der Waals surface area contributed by atoms with Crippen molar-refractivity contribution in [1.29, 1.82) is 0 Å². The first kappa shape index (κ1) is 16.8. The SMILES string of the molecule is CCNC(C)(CCCSCC(C)CC)C(=O)O. The molecule has 2 N–H and O–H groups in total. The Hall–Kier alpha value is -0.220. The lowest BCUT2D eigenvalue weighted by atomic mass is 9.96. The summed E-state index contributed by atoms with van der Waals surface area (Å²) in [7, 11) is 0. The average Bonchev–Trinajstić information content (AvgIpc) is 2.28. The molecule has 0 spiro atoms. The van der Waals surface area contributed by atoms with Gasteiger partial charge >= 0.3 is 5.97 Å². The number of rotatable bonds is 10. The summed E-state index contributed by atoms with van der Waals surface area (Å²) < 4.78 is 0. The van der Waals surface area contributed by atoms with E-state index < -0.39 is 11.5 Å². The third-order valence-electron chi connectivity index (χ3n) is 3.10. The van der Waals surface area contributed by atoms with Gasteiger partial charge in [-0.2, -0.15) is 11.8 Å². The Bertz CT molecular complexity index is 223. The second-order valence-electron chi connectivity index (χ2n) is 4.86. The number of likely N-dealkylation sites (N-methyl/N-ethyl adjacent to an activating group) is 1. The van der Waals surface area contributed by atoms with Gasteiger partial charge in [0.2, 0.25) is 0 Å². The number of thioether (sulfide) groups is 1. The van der Waals surface area contributed by atoms with Crippen LogP contribution >= 0.6 is 11.8 Å². The lowest BCUT2D eigenvalue weighted by molar-refractivity contribution is -0.144. The van der Waals surface area contributed by atoms with Gasteiger partial charge in [-0.1, -0.05) is 27.2 Å². The van der Waals surface area contributed by atoms with Crippen LogP contribution in [0.1, 0.15) is 47.0 Å². The molecule has 0 saturated carbocycles. The number of carboxylic acid groups (broad SMARTS) is 1. The molecule has 0 fully saturated rings. The van der Waals surface area contributed by atoms with Gasteiger partial charge in [-0.25, -0.2) is 0 Å². The topological polar surface area (TPSA) is 49.3 Å². The van der Waals surface area contributed by atoms with Gasteiger partial charge < -0.3 is 10.4 Å². The minimum Gasteiger partial charge on any atom is -0.480 e. The van der Waals surface area contributed by atoms with Crippen LogP contribution < -0.4 is 5.32 Å². The summed E-state index contributed by atoms with van der Waals surface area (Å²) >= 11 is 1.94. The smallest absolute Gasteiger partial charge is 0.323 e. The van der Waals surface area contributed by atoms with Crippen molar-refractivity contribution in [3.63, 3.8) is 0 Å². The van der Waals surface area contributed by atoms with Crippen molar-refractivity contribution in [3.8, 4) is 0 Å². The normalized spacial score (nSPS) is 16.5. The van der Waals surface area contributed by atoms with Crippen LogP contribution in [0.15, 0.2) is 0 Å². The Kier molecular flexibility index (Phi) is 8.70. The summed E-state index contributed by atoms with van der Waals surface area (Å²) in [5.41, 5.74) is -0.758. The van der Waals surface area contributed by atoms with E-state index in [4.69, 9.17) is 0 Å². The van der Waals surface area contributed by atoms with E-state index in [-0.39, 0.29) is 0 Å². The van der Waals surface area contributed by atoms with Crippen molar-refractivity contribution >= 4 is 17.7 Å². The van der Waals surface area contributed by atoms with Gasteiger partial charge in [-0.3, -0.25) is 4.79 Å². The van der Waals surface area contributed by atoms with Gasteiger partial charge in [-0.15, -0.1) is 0 Å². The highest BCUT2D eigenvalue weighted by molar-refractivity contribution is 7.99. The molecular formula is C13H27NO2S. The third-order valence-corrected chi connectivity index (χ3v) is 4.49. The minimum absolute atomic E-state index is 0.697. The molecule has 0 aliphatic carbocycles. The molecular weight excluding hydrogens is 234 g/mol. The van der Waals surface area contributed by atoms with E-state index in [1.54, 1.807) is 6.92 Å². The van der Waals surface area contributed by atoms with E-state index >= 15 is 0 Å². The molecule has 2 unspecified atom stereocenters. The van der Waals surface area contributed by atoms with E-state index in [9.17, 15) is 9.90 Å². The molecule has 0 aliphatic heterocycles. The van der Waals surface area contributed by atoms with Crippen LogP contribution in [0.2, 0.25) is 0 Å². The summed E-state index contributed by atoms with van der Waals surface area (Å²) in [5, 5.41) is 12.2. The molecule has 0 radical (unpaired) electrons. The summed E-state index contributed by atoms with van der Waals surface area (Å²) in [4.78, 5) is 11.2. The van der Waals surface area contributed by atoms with E-state index in [1.807, 2.05) is 18.7 Å². The van der Waals surface area contributed by atoms with Crippen molar-refractivity contribution < 1.29 is 9.90 Å². The third kappa shape index (κ3) is 6.94. The number of carbonyl (C=O) groups is 1. The quantitative estimate of drug-likeness (QED) is 0.594. The van der Waals surface area contributed by atoms with Gasteiger partial charge in [0, 0.05) is 0 Å². The molecule has 0 aromatic heterocycles. The largest absolute Gasteiger partial charge is 0.480 e. The Morgan fingerprint density at radius 1 is 1.47 bits per heavy atom. The molecule has 17 heavy (non-hydrogen) atoms. The predicted octanol–water partition coefficient (Wildman–Crippen LogP) is 3.00.